The Kier molecular flexibility index (Phi) is 5.62. The molecule has 1 fully saturated rings. The summed E-state index contributed by atoms with van der Waals surface area (Å²) in [7, 11) is 0. The molecule has 2 atom stereocenters. The first-order valence-electron chi connectivity index (χ1n) is 10.3. The molecular weight excluding hydrogens is 367 g/mol. The van der Waals surface area contributed by atoms with Gasteiger partial charge in [0.25, 0.3) is 0 Å². The molecule has 1 saturated carbocycles. The van der Waals surface area contributed by atoms with Crippen LogP contribution >= 0.6 is 0 Å². The van der Waals surface area contributed by atoms with E-state index in [1.54, 1.807) is 6.07 Å². The molecule has 6 heteroatoms. The van der Waals surface area contributed by atoms with E-state index in [0.717, 1.165) is 36.9 Å². The highest BCUT2D eigenvalue weighted by atomic mass is 19.1. The number of rotatable bonds is 6. The van der Waals surface area contributed by atoms with Crippen molar-refractivity contribution in [1.82, 2.24) is 20.7 Å². The Morgan fingerprint density at radius 3 is 2.90 bits per heavy atom. The zero-order chi connectivity index (χ0) is 20.3. The molecular formula is C23H27FN4O. The van der Waals surface area contributed by atoms with Crippen LogP contribution in [0.15, 0.2) is 54.2 Å². The van der Waals surface area contributed by atoms with Crippen LogP contribution in [0, 0.1) is 11.7 Å². The van der Waals surface area contributed by atoms with E-state index in [9.17, 15) is 4.39 Å². The third-order valence-corrected chi connectivity index (χ3v) is 5.84. The van der Waals surface area contributed by atoms with Crippen LogP contribution in [0.2, 0.25) is 0 Å². The normalized spacial score (nSPS) is 23.6. The summed E-state index contributed by atoms with van der Waals surface area (Å²) in [5.41, 5.74) is 3.55. The quantitative estimate of drug-likeness (QED) is 0.629. The number of nitrogens with zero attached hydrogens (tertiary/aromatic N) is 2. The number of H-pyrrole nitrogens is 1. The third kappa shape index (κ3) is 3.65. The Balaban J connectivity index is 1.78. The molecule has 1 aromatic heterocycles. The first kappa shape index (κ1) is 19.6. The average Bonchev–Trinajstić information content (AvgIpc) is 3.19. The maximum absolute atomic E-state index is 14.5. The van der Waals surface area contributed by atoms with Gasteiger partial charge in [-0.2, -0.15) is 15.4 Å². The molecule has 1 aliphatic carbocycles. The molecule has 1 aliphatic rings. The van der Waals surface area contributed by atoms with Crippen molar-refractivity contribution in [3.05, 3.63) is 71.2 Å². The van der Waals surface area contributed by atoms with Gasteiger partial charge in [-0.15, -0.1) is 0 Å². The molecule has 2 N–H and O–H groups in total. The molecule has 0 saturated heterocycles. The van der Waals surface area contributed by atoms with Crippen LogP contribution in [-0.4, -0.2) is 22.0 Å². The number of hydrogen-bond donors (Lipinski definition) is 2. The number of nitrogens with one attached hydrogen (secondary N) is 2. The van der Waals surface area contributed by atoms with Crippen molar-refractivity contribution in [2.45, 2.75) is 45.3 Å². The second-order valence-corrected chi connectivity index (χ2v) is 7.64. The summed E-state index contributed by atoms with van der Waals surface area (Å²) in [6.45, 7) is 5.41. The Hall–Kier alpha value is -2.73. The Morgan fingerprint density at radius 2 is 2.10 bits per heavy atom. The lowest BCUT2D eigenvalue weighted by Gasteiger charge is -2.45. The van der Waals surface area contributed by atoms with Gasteiger partial charge >= 0.3 is 0 Å². The predicted molar refractivity (Wildman–Crippen MR) is 112 cm³/mol. The van der Waals surface area contributed by atoms with Crippen molar-refractivity contribution < 1.29 is 9.13 Å². The first-order valence-corrected chi connectivity index (χ1v) is 10.3. The summed E-state index contributed by atoms with van der Waals surface area (Å²) in [6, 6.07) is 13.2. The van der Waals surface area contributed by atoms with E-state index in [1.807, 2.05) is 25.1 Å². The number of aromatic amines is 1. The van der Waals surface area contributed by atoms with Gasteiger partial charge in [0.1, 0.15) is 22.5 Å². The highest BCUT2D eigenvalue weighted by Crippen LogP contribution is 2.49. The minimum Gasteiger partial charge on any atom is -0.387 e. The maximum atomic E-state index is 14.5. The molecule has 4 rings (SSSR count). The monoisotopic (exact) mass is 394 g/mol. The molecule has 0 radical (unpaired) electrons. The molecule has 0 aliphatic heterocycles. The lowest BCUT2D eigenvalue weighted by molar-refractivity contribution is -0.0678. The van der Waals surface area contributed by atoms with E-state index < -0.39 is 5.60 Å². The van der Waals surface area contributed by atoms with E-state index in [4.69, 9.17) is 4.74 Å². The molecule has 0 amide bonds. The fourth-order valence-electron chi connectivity index (χ4n) is 4.55. The molecule has 0 bridgehead atoms. The summed E-state index contributed by atoms with van der Waals surface area (Å²) in [5.74, 6) is -0.141. The van der Waals surface area contributed by atoms with Gasteiger partial charge in [0.2, 0.25) is 0 Å². The van der Waals surface area contributed by atoms with Gasteiger partial charge < -0.3 is 10.1 Å². The van der Waals surface area contributed by atoms with E-state index in [-0.39, 0.29) is 11.7 Å². The van der Waals surface area contributed by atoms with Gasteiger partial charge in [0.05, 0.1) is 0 Å². The third-order valence-electron chi connectivity index (χ3n) is 5.84. The fourth-order valence-corrected chi connectivity index (χ4v) is 4.55. The topological polar surface area (TPSA) is 62.8 Å². The van der Waals surface area contributed by atoms with Crippen molar-refractivity contribution in [2.75, 3.05) is 6.61 Å². The summed E-state index contributed by atoms with van der Waals surface area (Å²) < 4.78 is 21.0. The second kappa shape index (κ2) is 8.33. The number of aromatic nitrogens is 3. The van der Waals surface area contributed by atoms with Crippen molar-refractivity contribution in [1.29, 1.82) is 0 Å². The van der Waals surface area contributed by atoms with Crippen LogP contribution in [0.5, 0.6) is 0 Å². The minimum absolute atomic E-state index is 0.183. The standard InChI is InChI=1S/C23H27FN4O/c1-3-29-23(20-12-19(24)13-21-22(20)27-28-26-21)16(2)8-7-11-18(23)15-25-14-17-9-5-4-6-10-17/h4-6,9-10,12-13,15-16,25H,3,7-8,11,14H2,1-2H3,(H,26,27,28)/b18-15+. The number of fused-ring (bicyclic) bond motifs is 1. The van der Waals surface area contributed by atoms with Crippen molar-refractivity contribution in [3.8, 4) is 0 Å². The number of halogens is 1. The van der Waals surface area contributed by atoms with Gasteiger partial charge in [-0.1, -0.05) is 37.3 Å². The molecule has 1 heterocycles. The molecule has 2 aromatic carbocycles. The van der Waals surface area contributed by atoms with E-state index in [0.29, 0.717) is 17.6 Å². The summed E-state index contributed by atoms with van der Waals surface area (Å²) in [6.07, 6.45) is 5.04. The highest BCUT2D eigenvalue weighted by Gasteiger charge is 2.46. The summed E-state index contributed by atoms with van der Waals surface area (Å²) >= 11 is 0. The Labute approximate surface area is 170 Å². The SMILES string of the molecule is CCOC1(c2cc(F)cc3n[nH]nc23)/C(=C/NCc2ccccc2)CCCC1C. The minimum atomic E-state index is -0.728. The number of benzene rings is 2. The highest BCUT2D eigenvalue weighted by molar-refractivity contribution is 5.79. The zero-order valence-corrected chi connectivity index (χ0v) is 16.9. The fraction of sp³-hybridized carbons (Fsp3) is 0.391. The number of ether oxygens (including phenoxy) is 1. The first-order chi connectivity index (χ1) is 14.1. The van der Waals surface area contributed by atoms with Gasteiger partial charge in [0.15, 0.2) is 0 Å². The zero-order valence-electron chi connectivity index (χ0n) is 16.9. The van der Waals surface area contributed by atoms with Crippen molar-refractivity contribution in [3.63, 3.8) is 0 Å². The van der Waals surface area contributed by atoms with Gasteiger partial charge in [-0.3, -0.25) is 0 Å². The van der Waals surface area contributed by atoms with Crippen molar-refractivity contribution in [2.24, 2.45) is 5.92 Å². The summed E-state index contributed by atoms with van der Waals surface area (Å²) in [4.78, 5) is 0. The maximum Gasteiger partial charge on any atom is 0.125 e. The predicted octanol–water partition coefficient (Wildman–Crippen LogP) is 4.82. The smallest absolute Gasteiger partial charge is 0.125 e. The van der Waals surface area contributed by atoms with E-state index in [2.05, 4.69) is 46.0 Å². The van der Waals surface area contributed by atoms with Crippen LogP contribution in [-0.2, 0) is 16.9 Å². The van der Waals surface area contributed by atoms with Gasteiger partial charge in [0, 0.05) is 24.8 Å². The summed E-state index contributed by atoms with van der Waals surface area (Å²) in [5, 5.41) is 14.5. The lowest BCUT2D eigenvalue weighted by atomic mass is 9.68. The number of hydrogen-bond acceptors (Lipinski definition) is 4. The van der Waals surface area contributed by atoms with Crippen LogP contribution in [0.4, 0.5) is 4.39 Å². The largest absolute Gasteiger partial charge is 0.387 e. The molecule has 3 aromatic rings. The van der Waals surface area contributed by atoms with Crippen LogP contribution in [0.3, 0.4) is 0 Å². The van der Waals surface area contributed by atoms with Gasteiger partial charge in [-0.05, 0) is 55.5 Å². The Bertz CT molecular complexity index is 1000. The van der Waals surface area contributed by atoms with Crippen molar-refractivity contribution >= 4 is 11.0 Å². The van der Waals surface area contributed by atoms with E-state index in [1.165, 1.54) is 11.6 Å². The van der Waals surface area contributed by atoms with Gasteiger partial charge in [-0.25, -0.2) is 4.39 Å². The molecule has 5 nitrogen and oxygen atoms in total. The van der Waals surface area contributed by atoms with E-state index >= 15 is 0 Å². The van der Waals surface area contributed by atoms with Crippen LogP contribution in [0.1, 0.15) is 44.2 Å². The molecule has 29 heavy (non-hydrogen) atoms. The average molecular weight is 394 g/mol. The molecule has 2 unspecified atom stereocenters. The van der Waals surface area contributed by atoms with Crippen LogP contribution in [0.25, 0.3) is 11.0 Å². The molecule has 0 spiro atoms. The van der Waals surface area contributed by atoms with Crippen LogP contribution < -0.4 is 5.32 Å². The Morgan fingerprint density at radius 1 is 1.28 bits per heavy atom. The second-order valence-electron chi connectivity index (χ2n) is 7.64. The molecule has 152 valence electrons. The lowest BCUT2D eigenvalue weighted by Crippen LogP contribution is -2.42.